The first-order valence-corrected chi connectivity index (χ1v) is 6.87. The van der Waals surface area contributed by atoms with Crippen molar-refractivity contribution in [2.75, 3.05) is 20.6 Å². The maximum Gasteiger partial charge on any atom is 0.0504 e. The van der Waals surface area contributed by atoms with Crippen LogP contribution in [-0.4, -0.2) is 25.5 Å². The van der Waals surface area contributed by atoms with E-state index in [-0.39, 0.29) is 0 Å². The molecule has 0 radical (unpaired) electrons. The Morgan fingerprint density at radius 3 is 2.60 bits per heavy atom. The van der Waals surface area contributed by atoms with Crippen LogP contribution in [0.3, 0.4) is 0 Å². The van der Waals surface area contributed by atoms with E-state index in [2.05, 4.69) is 46.4 Å². The lowest BCUT2D eigenvalue weighted by molar-refractivity contribution is 0.202. The van der Waals surface area contributed by atoms with Crippen LogP contribution in [0.15, 0.2) is 15.9 Å². The smallest absolute Gasteiger partial charge is 0.0504 e. The first-order valence-electron chi connectivity index (χ1n) is 5.19. The molecule has 0 aliphatic heterocycles. The minimum atomic E-state index is 0.341. The molecule has 1 aromatic rings. The van der Waals surface area contributed by atoms with Crippen LogP contribution in [0.4, 0.5) is 0 Å². The Labute approximate surface area is 104 Å². The zero-order chi connectivity index (χ0) is 11.1. The number of thiophene rings is 1. The third-order valence-corrected chi connectivity index (χ3v) is 5.00. The van der Waals surface area contributed by atoms with Crippen molar-refractivity contribution < 1.29 is 0 Å². The fourth-order valence-electron chi connectivity index (χ4n) is 2.33. The normalized spacial score (nSPS) is 20.6. The van der Waals surface area contributed by atoms with Gasteiger partial charge in [0.25, 0.3) is 0 Å². The molecule has 0 spiro atoms. The van der Waals surface area contributed by atoms with Crippen molar-refractivity contribution in [2.24, 2.45) is 11.1 Å². The highest BCUT2D eigenvalue weighted by molar-refractivity contribution is 9.10. The summed E-state index contributed by atoms with van der Waals surface area (Å²) in [7, 11) is 4.29. The van der Waals surface area contributed by atoms with Crippen molar-refractivity contribution in [3.63, 3.8) is 0 Å². The summed E-state index contributed by atoms with van der Waals surface area (Å²) < 4.78 is 1.18. The van der Waals surface area contributed by atoms with Gasteiger partial charge in [-0.2, -0.15) is 0 Å². The summed E-state index contributed by atoms with van der Waals surface area (Å²) in [6.45, 7) is 0.797. The minimum absolute atomic E-state index is 0.341. The van der Waals surface area contributed by atoms with E-state index in [0.29, 0.717) is 11.5 Å². The van der Waals surface area contributed by atoms with Crippen molar-refractivity contribution in [1.29, 1.82) is 0 Å². The maximum absolute atomic E-state index is 5.92. The average molecular weight is 289 g/mol. The summed E-state index contributed by atoms with van der Waals surface area (Å²) in [4.78, 5) is 3.73. The molecule has 1 aromatic heterocycles. The standard InChI is InChI=1S/C11H17BrN2S/c1-14(2)10(11(7-13)3-4-11)9-5-8(12)6-15-9/h5-6,10H,3-4,7,13H2,1-2H3. The molecule has 1 atom stereocenters. The predicted molar refractivity (Wildman–Crippen MR) is 69.2 cm³/mol. The summed E-state index contributed by atoms with van der Waals surface area (Å²) in [6.07, 6.45) is 2.53. The van der Waals surface area contributed by atoms with Gasteiger partial charge in [-0.25, -0.2) is 0 Å². The maximum atomic E-state index is 5.92. The Kier molecular flexibility index (Phi) is 3.22. The van der Waals surface area contributed by atoms with Crippen LogP contribution in [0.1, 0.15) is 23.8 Å². The molecule has 1 unspecified atom stereocenters. The van der Waals surface area contributed by atoms with Crippen LogP contribution < -0.4 is 5.73 Å². The molecule has 4 heteroatoms. The third kappa shape index (κ3) is 2.13. The second-order valence-electron chi connectivity index (χ2n) is 4.60. The summed E-state index contributed by atoms with van der Waals surface area (Å²) in [5, 5.41) is 2.15. The van der Waals surface area contributed by atoms with E-state index >= 15 is 0 Å². The van der Waals surface area contributed by atoms with Crippen LogP contribution in [0.25, 0.3) is 0 Å². The van der Waals surface area contributed by atoms with Gasteiger partial charge in [0, 0.05) is 20.1 Å². The van der Waals surface area contributed by atoms with Gasteiger partial charge in [-0.3, -0.25) is 0 Å². The summed E-state index contributed by atoms with van der Waals surface area (Å²) >= 11 is 5.34. The molecule has 0 aromatic carbocycles. The Morgan fingerprint density at radius 2 is 2.27 bits per heavy atom. The van der Waals surface area contributed by atoms with Crippen LogP contribution in [0.5, 0.6) is 0 Å². The molecular weight excluding hydrogens is 272 g/mol. The molecule has 1 aliphatic carbocycles. The van der Waals surface area contributed by atoms with Crippen molar-refractivity contribution in [2.45, 2.75) is 18.9 Å². The van der Waals surface area contributed by atoms with E-state index in [4.69, 9.17) is 5.73 Å². The van der Waals surface area contributed by atoms with Gasteiger partial charge in [0.2, 0.25) is 0 Å². The molecule has 1 heterocycles. The Morgan fingerprint density at radius 1 is 1.60 bits per heavy atom. The first kappa shape index (κ1) is 11.6. The van der Waals surface area contributed by atoms with Crippen molar-refractivity contribution in [1.82, 2.24) is 4.90 Å². The number of nitrogens with two attached hydrogens (primary N) is 1. The minimum Gasteiger partial charge on any atom is -0.330 e. The lowest BCUT2D eigenvalue weighted by Crippen LogP contribution is -2.32. The number of hydrogen-bond acceptors (Lipinski definition) is 3. The van der Waals surface area contributed by atoms with Gasteiger partial charge in [0.1, 0.15) is 0 Å². The Hall–Kier alpha value is 0.1000. The highest BCUT2D eigenvalue weighted by Crippen LogP contribution is 2.56. The Bertz CT molecular complexity index is 344. The predicted octanol–water partition coefficient (Wildman–Crippen LogP) is 2.85. The van der Waals surface area contributed by atoms with Crippen molar-refractivity contribution >= 4 is 27.3 Å². The molecule has 0 bridgehead atoms. The zero-order valence-corrected chi connectivity index (χ0v) is 11.6. The molecule has 1 aliphatic rings. The molecule has 1 saturated carbocycles. The summed E-state index contributed by atoms with van der Waals surface area (Å²) in [5.41, 5.74) is 6.26. The van der Waals surface area contributed by atoms with Crippen molar-refractivity contribution in [3.8, 4) is 0 Å². The van der Waals surface area contributed by atoms with Crippen LogP contribution in [-0.2, 0) is 0 Å². The number of hydrogen-bond donors (Lipinski definition) is 1. The highest BCUT2D eigenvalue weighted by Gasteiger charge is 2.50. The molecule has 2 rings (SSSR count). The second-order valence-corrected chi connectivity index (χ2v) is 6.46. The Balaban J connectivity index is 2.28. The van der Waals surface area contributed by atoms with Gasteiger partial charge in [0.15, 0.2) is 0 Å². The lowest BCUT2D eigenvalue weighted by atomic mass is 9.94. The monoisotopic (exact) mass is 288 g/mol. The van der Waals surface area contributed by atoms with Crippen LogP contribution in [0.2, 0.25) is 0 Å². The largest absolute Gasteiger partial charge is 0.330 e. The number of nitrogens with zero attached hydrogens (tertiary/aromatic N) is 1. The molecule has 2 nitrogen and oxygen atoms in total. The van der Waals surface area contributed by atoms with Gasteiger partial charge in [0.05, 0.1) is 6.04 Å². The zero-order valence-electron chi connectivity index (χ0n) is 9.16. The van der Waals surface area contributed by atoms with Crippen LogP contribution >= 0.6 is 27.3 Å². The molecule has 0 saturated heterocycles. The van der Waals surface area contributed by atoms with E-state index in [1.54, 1.807) is 0 Å². The van der Waals surface area contributed by atoms with E-state index in [1.165, 1.54) is 22.2 Å². The van der Waals surface area contributed by atoms with Gasteiger partial charge >= 0.3 is 0 Å². The number of rotatable bonds is 4. The quantitative estimate of drug-likeness (QED) is 0.923. The van der Waals surface area contributed by atoms with E-state index in [9.17, 15) is 0 Å². The molecule has 84 valence electrons. The average Bonchev–Trinajstić information content (AvgIpc) is 2.84. The SMILES string of the molecule is CN(C)C(c1cc(Br)cs1)C1(CN)CC1. The summed E-state index contributed by atoms with van der Waals surface area (Å²) in [6, 6.07) is 2.71. The third-order valence-electron chi connectivity index (χ3n) is 3.25. The van der Waals surface area contributed by atoms with Gasteiger partial charge in [-0.05, 0) is 55.5 Å². The molecule has 2 N–H and O–H groups in total. The molecular formula is C11H17BrN2S. The second kappa shape index (κ2) is 4.17. The van der Waals surface area contributed by atoms with E-state index in [0.717, 1.165) is 6.54 Å². The van der Waals surface area contributed by atoms with Gasteiger partial charge in [-0.15, -0.1) is 11.3 Å². The van der Waals surface area contributed by atoms with Gasteiger partial charge < -0.3 is 10.6 Å². The molecule has 15 heavy (non-hydrogen) atoms. The first-order chi connectivity index (χ1) is 7.09. The van der Waals surface area contributed by atoms with E-state index < -0.39 is 0 Å². The fraction of sp³-hybridized carbons (Fsp3) is 0.636. The highest BCUT2D eigenvalue weighted by atomic mass is 79.9. The van der Waals surface area contributed by atoms with E-state index in [1.807, 2.05) is 11.3 Å². The fourth-order valence-corrected chi connectivity index (χ4v) is 4.11. The topological polar surface area (TPSA) is 29.3 Å². The molecule has 1 fully saturated rings. The van der Waals surface area contributed by atoms with Crippen molar-refractivity contribution in [3.05, 3.63) is 20.8 Å². The molecule has 0 amide bonds. The van der Waals surface area contributed by atoms with Crippen LogP contribution in [0, 0.1) is 5.41 Å². The number of halogens is 1. The lowest BCUT2D eigenvalue weighted by Gasteiger charge is -2.31. The summed E-state index contributed by atoms with van der Waals surface area (Å²) in [5.74, 6) is 0. The van der Waals surface area contributed by atoms with Gasteiger partial charge in [-0.1, -0.05) is 0 Å².